The van der Waals surface area contributed by atoms with Gasteiger partial charge in [0.05, 0.1) is 24.1 Å². The highest BCUT2D eigenvalue weighted by Gasteiger charge is 2.25. The lowest BCUT2D eigenvalue weighted by Crippen LogP contribution is -2.33. The lowest BCUT2D eigenvalue weighted by atomic mass is 9.98. The lowest BCUT2D eigenvalue weighted by Gasteiger charge is -2.35. The van der Waals surface area contributed by atoms with Crippen LogP contribution in [-0.2, 0) is 13.6 Å². The molecule has 0 unspecified atom stereocenters. The molecule has 4 heterocycles. The fourth-order valence-corrected chi connectivity index (χ4v) is 3.32. The topological polar surface area (TPSA) is 51.2 Å². The van der Waals surface area contributed by atoms with Crippen LogP contribution in [0.1, 0.15) is 36.6 Å². The first kappa shape index (κ1) is 13.5. The third-order valence-corrected chi connectivity index (χ3v) is 4.38. The number of aromatic nitrogens is 5. The summed E-state index contributed by atoms with van der Waals surface area (Å²) in [4.78, 5) is 7.32. The molecule has 0 radical (unpaired) electrons. The van der Waals surface area contributed by atoms with E-state index in [1.807, 2.05) is 34.7 Å². The minimum absolute atomic E-state index is 0.383. The van der Waals surface area contributed by atoms with E-state index in [9.17, 15) is 0 Å². The van der Waals surface area contributed by atoms with Crippen LogP contribution in [0, 0.1) is 0 Å². The minimum atomic E-state index is 0.383. The highest BCUT2D eigenvalue weighted by Crippen LogP contribution is 2.31. The number of nitrogens with zero attached hydrogens (tertiary/aromatic N) is 6. The Hall–Kier alpha value is -2.21. The van der Waals surface area contributed by atoms with Crippen molar-refractivity contribution in [2.75, 3.05) is 6.54 Å². The smallest absolute Gasteiger partial charge is 0.155 e. The molecule has 114 valence electrons. The van der Waals surface area contributed by atoms with Gasteiger partial charge < -0.3 is 0 Å². The Morgan fingerprint density at radius 3 is 3.05 bits per heavy atom. The van der Waals surface area contributed by atoms with Crippen molar-refractivity contribution < 1.29 is 0 Å². The maximum absolute atomic E-state index is 4.79. The lowest BCUT2D eigenvalue weighted by molar-refractivity contribution is 0.137. The minimum Gasteiger partial charge on any atom is -0.290 e. The first-order valence-electron chi connectivity index (χ1n) is 7.81. The molecule has 0 amide bonds. The summed E-state index contributed by atoms with van der Waals surface area (Å²) in [7, 11) is 1.96. The SMILES string of the molecule is Cn1cc(CN2CCCC[C@H]2c2ccn3nccc3n2)cn1. The summed E-state index contributed by atoms with van der Waals surface area (Å²) in [5.41, 5.74) is 3.33. The predicted octanol–water partition coefficient (Wildman–Crippen LogP) is 2.19. The van der Waals surface area contributed by atoms with E-state index in [1.54, 1.807) is 6.20 Å². The van der Waals surface area contributed by atoms with E-state index in [2.05, 4.69) is 27.4 Å². The van der Waals surface area contributed by atoms with Crippen LogP contribution in [0.3, 0.4) is 0 Å². The van der Waals surface area contributed by atoms with Gasteiger partial charge in [0.15, 0.2) is 5.65 Å². The number of piperidine rings is 1. The summed E-state index contributed by atoms with van der Waals surface area (Å²) in [6.45, 7) is 2.05. The zero-order chi connectivity index (χ0) is 14.9. The van der Waals surface area contributed by atoms with Gasteiger partial charge in [0, 0.05) is 37.6 Å². The van der Waals surface area contributed by atoms with Crippen LogP contribution in [0.15, 0.2) is 36.9 Å². The summed E-state index contributed by atoms with van der Waals surface area (Å²) < 4.78 is 3.68. The maximum Gasteiger partial charge on any atom is 0.155 e. The van der Waals surface area contributed by atoms with E-state index in [0.29, 0.717) is 6.04 Å². The van der Waals surface area contributed by atoms with E-state index in [-0.39, 0.29) is 0 Å². The zero-order valence-electron chi connectivity index (χ0n) is 12.8. The Bertz CT molecular complexity index is 774. The van der Waals surface area contributed by atoms with E-state index in [0.717, 1.165) is 30.9 Å². The second-order valence-corrected chi connectivity index (χ2v) is 5.99. The number of aryl methyl sites for hydroxylation is 1. The van der Waals surface area contributed by atoms with Gasteiger partial charge in [-0.3, -0.25) is 9.58 Å². The van der Waals surface area contributed by atoms with Crippen molar-refractivity contribution >= 4 is 5.65 Å². The molecule has 0 saturated carbocycles. The maximum atomic E-state index is 4.79. The second kappa shape index (κ2) is 5.53. The van der Waals surface area contributed by atoms with Gasteiger partial charge >= 0.3 is 0 Å². The molecule has 1 aliphatic rings. The van der Waals surface area contributed by atoms with Crippen molar-refractivity contribution in [1.29, 1.82) is 0 Å². The molecule has 0 N–H and O–H groups in total. The Balaban J connectivity index is 1.61. The van der Waals surface area contributed by atoms with E-state index < -0.39 is 0 Å². The van der Waals surface area contributed by atoms with Crippen LogP contribution in [0.25, 0.3) is 5.65 Å². The molecule has 1 saturated heterocycles. The van der Waals surface area contributed by atoms with Crippen molar-refractivity contribution in [1.82, 2.24) is 29.3 Å². The molecule has 22 heavy (non-hydrogen) atoms. The summed E-state index contributed by atoms with van der Waals surface area (Å²) in [5, 5.41) is 8.50. The number of hydrogen-bond acceptors (Lipinski definition) is 4. The average molecular weight is 296 g/mol. The predicted molar refractivity (Wildman–Crippen MR) is 83.2 cm³/mol. The van der Waals surface area contributed by atoms with Gasteiger partial charge in [-0.25, -0.2) is 9.50 Å². The normalized spacial score (nSPS) is 19.8. The number of rotatable bonds is 3. The van der Waals surface area contributed by atoms with E-state index in [4.69, 9.17) is 4.98 Å². The molecule has 1 atom stereocenters. The van der Waals surface area contributed by atoms with Crippen LogP contribution >= 0.6 is 0 Å². The van der Waals surface area contributed by atoms with Gasteiger partial charge in [-0.15, -0.1) is 0 Å². The van der Waals surface area contributed by atoms with Crippen LogP contribution in [-0.4, -0.2) is 35.8 Å². The second-order valence-electron chi connectivity index (χ2n) is 5.99. The molecular formula is C16H20N6. The van der Waals surface area contributed by atoms with Crippen molar-refractivity contribution in [3.05, 3.63) is 48.2 Å². The summed E-state index contributed by atoms with van der Waals surface area (Å²) in [5.74, 6) is 0. The number of fused-ring (bicyclic) bond motifs is 1. The van der Waals surface area contributed by atoms with E-state index >= 15 is 0 Å². The molecule has 6 nitrogen and oxygen atoms in total. The van der Waals surface area contributed by atoms with Crippen molar-refractivity contribution in [2.45, 2.75) is 31.8 Å². The molecule has 3 aromatic rings. The Morgan fingerprint density at radius 2 is 2.18 bits per heavy atom. The fourth-order valence-electron chi connectivity index (χ4n) is 3.32. The van der Waals surface area contributed by atoms with Gasteiger partial charge in [0.1, 0.15) is 0 Å². The quantitative estimate of drug-likeness (QED) is 0.743. The highest BCUT2D eigenvalue weighted by molar-refractivity contribution is 5.37. The number of likely N-dealkylation sites (tertiary alicyclic amines) is 1. The molecule has 0 bridgehead atoms. The first-order chi connectivity index (χ1) is 10.8. The molecule has 3 aromatic heterocycles. The van der Waals surface area contributed by atoms with Crippen LogP contribution in [0.5, 0.6) is 0 Å². The average Bonchev–Trinajstić information content (AvgIpc) is 3.16. The van der Waals surface area contributed by atoms with Crippen LogP contribution < -0.4 is 0 Å². The van der Waals surface area contributed by atoms with Gasteiger partial charge in [0.25, 0.3) is 0 Å². The standard InChI is InChI=1S/C16H20N6/c1-20-11-13(10-18-20)12-21-8-3-2-4-15(21)14-6-9-22-16(19-14)5-7-17-22/h5-7,9-11,15H,2-4,8,12H2,1H3/t15-/m0/s1. The monoisotopic (exact) mass is 296 g/mol. The molecule has 1 fully saturated rings. The van der Waals surface area contributed by atoms with E-state index in [1.165, 1.54) is 18.4 Å². The summed E-state index contributed by atoms with van der Waals surface area (Å²) in [6, 6.07) is 4.44. The van der Waals surface area contributed by atoms with Crippen LogP contribution in [0.2, 0.25) is 0 Å². The molecular weight excluding hydrogens is 276 g/mol. The molecule has 0 aliphatic carbocycles. The molecule has 4 rings (SSSR count). The first-order valence-corrected chi connectivity index (χ1v) is 7.81. The van der Waals surface area contributed by atoms with Gasteiger partial charge in [0.2, 0.25) is 0 Å². The summed E-state index contributed by atoms with van der Waals surface area (Å²) in [6.07, 6.45) is 11.5. The largest absolute Gasteiger partial charge is 0.290 e. The molecule has 1 aliphatic heterocycles. The third kappa shape index (κ3) is 2.50. The van der Waals surface area contributed by atoms with Crippen molar-refractivity contribution in [3.8, 4) is 0 Å². The Kier molecular flexibility index (Phi) is 3.38. The zero-order valence-corrected chi connectivity index (χ0v) is 12.8. The molecule has 0 aromatic carbocycles. The van der Waals surface area contributed by atoms with Crippen LogP contribution in [0.4, 0.5) is 0 Å². The Morgan fingerprint density at radius 1 is 1.23 bits per heavy atom. The molecule has 0 spiro atoms. The van der Waals surface area contributed by atoms with Gasteiger partial charge in [-0.1, -0.05) is 6.42 Å². The molecule has 6 heteroatoms. The van der Waals surface area contributed by atoms with Gasteiger partial charge in [-0.2, -0.15) is 10.2 Å². The van der Waals surface area contributed by atoms with Gasteiger partial charge in [-0.05, 0) is 25.5 Å². The fraction of sp³-hybridized carbons (Fsp3) is 0.438. The van der Waals surface area contributed by atoms with Crippen molar-refractivity contribution in [3.63, 3.8) is 0 Å². The highest BCUT2D eigenvalue weighted by atomic mass is 15.3. The summed E-state index contributed by atoms with van der Waals surface area (Å²) >= 11 is 0. The Labute approximate surface area is 129 Å². The number of hydrogen-bond donors (Lipinski definition) is 0. The third-order valence-electron chi connectivity index (χ3n) is 4.38. The van der Waals surface area contributed by atoms with Crippen molar-refractivity contribution in [2.24, 2.45) is 7.05 Å².